The molecule has 0 fully saturated rings. The van der Waals surface area contributed by atoms with Crippen LogP contribution in [0, 0.1) is 0 Å². The minimum atomic E-state index is -0.547. The van der Waals surface area contributed by atoms with Crippen LogP contribution in [-0.4, -0.2) is 24.6 Å². The molecule has 0 rings (SSSR count). The van der Waals surface area contributed by atoms with E-state index >= 15 is 0 Å². The van der Waals surface area contributed by atoms with Crippen LogP contribution in [0.5, 0.6) is 0 Å². The second-order valence-corrected chi connectivity index (χ2v) is 2.83. The number of carbonyl (C=O) groups is 1. The number of hydrogen-bond donors (Lipinski definition) is 0. The number of alkyl halides is 2. The highest BCUT2D eigenvalue weighted by Crippen LogP contribution is 2.05. The molecule has 54 valence electrons. The molecule has 0 spiro atoms. The van der Waals surface area contributed by atoms with Gasteiger partial charge < -0.3 is 4.74 Å². The number of halogens is 2. The van der Waals surface area contributed by atoms with Gasteiger partial charge in [-0.15, -0.1) is 0 Å². The van der Waals surface area contributed by atoms with Crippen molar-refractivity contribution in [1.29, 1.82) is 0 Å². The molecule has 0 aliphatic carbocycles. The largest absolute Gasteiger partial charge is 0.469 e. The summed E-state index contributed by atoms with van der Waals surface area (Å²) in [6.07, 6.45) is 0.0903. The first-order chi connectivity index (χ1) is 4.20. The van der Waals surface area contributed by atoms with E-state index in [-0.39, 0.29) is 6.42 Å². The van der Waals surface area contributed by atoms with Crippen molar-refractivity contribution in [3.05, 3.63) is 0 Å². The molecule has 0 aromatic heterocycles. The van der Waals surface area contributed by atoms with Gasteiger partial charge in [-0.1, -0.05) is 15.9 Å². The van der Waals surface area contributed by atoms with E-state index in [1.165, 1.54) is 7.11 Å². The highest BCUT2D eigenvalue weighted by molar-refractivity contribution is 9.09. The Morgan fingerprint density at radius 3 is 2.78 bits per heavy atom. The lowest BCUT2D eigenvalue weighted by molar-refractivity contribution is -0.140. The van der Waals surface area contributed by atoms with Gasteiger partial charge in [0.1, 0.15) is 6.67 Å². The zero-order valence-electron chi connectivity index (χ0n) is 5.06. The van der Waals surface area contributed by atoms with Gasteiger partial charge in [-0.05, 0) is 0 Å². The molecule has 4 heteroatoms. The molecule has 0 saturated carbocycles. The van der Waals surface area contributed by atoms with Crippen molar-refractivity contribution in [2.75, 3.05) is 13.8 Å². The third-order valence-corrected chi connectivity index (χ3v) is 1.35. The van der Waals surface area contributed by atoms with Crippen molar-refractivity contribution in [1.82, 2.24) is 0 Å². The number of hydrogen-bond acceptors (Lipinski definition) is 2. The van der Waals surface area contributed by atoms with E-state index in [9.17, 15) is 9.18 Å². The van der Waals surface area contributed by atoms with Gasteiger partial charge in [-0.25, -0.2) is 4.39 Å². The Balaban J connectivity index is 3.34. The van der Waals surface area contributed by atoms with E-state index < -0.39 is 17.5 Å². The fourth-order valence-corrected chi connectivity index (χ4v) is 0.583. The summed E-state index contributed by atoms with van der Waals surface area (Å²) in [6, 6.07) is 0. The van der Waals surface area contributed by atoms with Gasteiger partial charge in [0.05, 0.1) is 18.4 Å². The monoisotopic (exact) mass is 198 g/mol. The summed E-state index contributed by atoms with van der Waals surface area (Å²) in [4.78, 5) is 9.96. The third-order valence-electron chi connectivity index (χ3n) is 0.783. The molecule has 1 unspecified atom stereocenters. The number of rotatable bonds is 3. The zero-order chi connectivity index (χ0) is 7.28. The second-order valence-electron chi connectivity index (χ2n) is 1.53. The van der Waals surface area contributed by atoms with Crippen LogP contribution in [0.2, 0.25) is 0 Å². The quantitative estimate of drug-likeness (QED) is 0.505. The standard InChI is InChI=1S/C5H8BrFO2/c1-9-5(8)2-4(6)3-7/h4H,2-3H2,1H3. The molecule has 0 heterocycles. The maximum absolute atomic E-state index is 11.6. The lowest BCUT2D eigenvalue weighted by atomic mass is 10.3. The number of carbonyl (C=O) groups excluding carboxylic acids is 1. The molecule has 0 radical (unpaired) electrons. The van der Waals surface area contributed by atoms with Crippen molar-refractivity contribution in [2.24, 2.45) is 0 Å². The average Bonchev–Trinajstić information content (AvgIpc) is 1.87. The van der Waals surface area contributed by atoms with Gasteiger partial charge in [-0.2, -0.15) is 0 Å². The first-order valence-corrected chi connectivity index (χ1v) is 3.39. The van der Waals surface area contributed by atoms with Crippen LogP contribution in [0.1, 0.15) is 6.42 Å². The van der Waals surface area contributed by atoms with Crippen LogP contribution < -0.4 is 0 Å². The van der Waals surface area contributed by atoms with Gasteiger partial charge in [-0.3, -0.25) is 4.79 Å². The molecule has 0 bridgehead atoms. The van der Waals surface area contributed by atoms with Crippen LogP contribution in [0.3, 0.4) is 0 Å². The maximum atomic E-state index is 11.6. The molecule has 0 saturated heterocycles. The van der Waals surface area contributed by atoms with E-state index in [1.807, 2.05) is 0 Å². The highest BCUT2D eigenvalue weighted by atomic mass is 79.9. The first kappa shape index (κ1) is 8.88. The van der Waals surface area contributed by atoms with E-state index in [2.05, 4.69) is 20.7 Å². The van der Waals surface area contributed by atoms with Crippen molar-refractivity contribution in [3.63, 3.8) is 0 Å². The van der Waals surface area contributed by atoms with E-state index in [1.54, 1.807) is 0 Å². The summed E-state index contributed by atoms with van der Waals surface area (Å²) in [5.41, 5.74) is 0. The minimum absolute atomic E-state index is 0.0903. The molecule has 0 aromatic rings. The average molecular weight is 199 g/mol. The number of methoxy groups -OCH3 is 1. The van der Waals surface area contributed by atoms with Crippen molar-refractivity contribution in [2.45, 2.75) is 11.2 Å². The molecule has 0 aromatic carbocycles. The van der Waals surface area contributed by atoms with Crippen LogP contribution in [0.25, 0.3) is 0 Å². The molecule has 2 nitrogen and oxygen atoms in total. The Morgan fingerprint density at radius 1 is 1.89 bits per heavy atom. The SMILES string of the molecule is COC(=O)CC(Br)CF. The Morgan fingerprint density at radius 2 is 2.44 bits per heavy atom. The van der Waals surface area contributed by atoms with E-state index in [4.69, 9.17) is 0 Å². The van der Waals surface area contributed by atoms with Gasteiger partial charge in [0.25, 0.3) is 0 Å². The number of esters is 1. The number of ether oxygens (including phenoxy) is 1. The summed E-state index contributed by atoms with van der Waals surface area (Å²) in [5.74, 6) is -0.394. The zero-order valence-corrected chi connectivity index (χ0v) is 6.65. The predicted octanol–water partition coefficient (Wildman–Crippen LogP) is 1.28. The fraction of sp³-hybridized carbons (Fsp3) is 0.800. The molecule has 9 heavy (non-hydrogen) atoms. The smallest absolute Gasteiger partial charge is 0.306 e. The Kier molecular flexibility index (Phi) is 4.67. The molecule has 1 atom stereocenters. The molecule has 0 aliphatic heterocycles. The summed E-state index contributed by atoms with van der Waals surface area (Å²) in [6.45, 7) is -0.547. The van der Waals surface area contributed by atoms with Gasteiger partial charge in [0.15, 0.2) is 0 Å². The summed E-state index contributed by atoms with van der Waals surface area (Å²) >= 11 is 2.94. The normalized spacial score (nSPS) is 12.8. The molecule has 0 amide bonds. The first-order valence-electron chi connectivity index (χ1n) is 2.47. The highest BCUT2D eigenvalue weighted by Gasteiger charge is 2.08. The van der Waals surface area contributed by atoms with Crippen LogP contribution in [-0.2, 0) is 9.53 Å². The predicted molar refractivity (Wildman–Crippen MR) is 35.3 cm³/mol. The van der Waals surface area contributed by atoms with Crippen molar-refractivity contribution < 1.29 is 13.9 Å². The second kappa shape index (κ2) is 4.73. The summed E-state index contributed by atoms with van der Waals surface area (Å²) in [7, 11) is 1.28. The van der Waals surface area contributed by atoms with Gasteiger partial charge >= 0.3 is 5.97 Å². The molecule has 0 N–H and O–H groups in total. The summed E-state index contributed by atoms with van der Waals surface area (Å²) < 4.78 is 15.9. The van der Waals surface area contributed by atoms with Crippen LogP contribution >= 0.6 is 15.9 Å². The lowest BCUT2D eigenvalue weighted by Crippen LogP contribution is -2.10. The van der Waals surface area contributed by atoms with Crippen molar-refractivity contribution in [3.8, 4) is 0 Å². The van der Waals surface area contributed by atoms with Crippen LogP contribution in [0.15, 0.2) is 0 Å². The molecule has 0 aliphatic rings. The van der Waals surface area contributed by atoms with E-state index in [0.717, 1.165) is 0 Å². The molecular formula is C5H8BrFO2. The third kappa shape index (κ3) is 4.39. The maximum Gasteiger partial charge on any atom is 0.306 e. The lowest BCUT2D eigenvalue weighted by Gasteiger charge is -2.00. The molecular weight excluding hydrogens is 191 g/mol. The topological polar surface area (TPSA) is 26.3 Å². The van der Waals surface area contributed by atoms with Gasteiger partial charge in [0, 0.05) is 0 Å². The van der Waals surface area contributed by atoms with E-state index in [0.29, 0.717) is 0 Å². The van der Waals surface area contributed by atoms with Gasteiger partial charge in [0.2, 0.25) is 0 Å². The van der Waals surface area contributed by atoms with Crippen molar-refractivity contribution >= 4 is 21.9 Å². The Hall–Kier alpha value is -0.120. The fourth-order valence-electron chi connectivity index (χ4n) is 0.319. The Labute approximate surface area is 61.5 Å². The van der Waals surface area contributed by atoms with Crippen LogP contribution in [0.4, 0.5) is 4.39 Å². The summed E-state index contributed by atoms with van der Waals surface area (Å²) in [5, 5.41) is 0. The minimum Gasteiger partial charge on any atom is -0.469 e. The Bertz CT molecular complexity index is 97.0.